The second kappa shape index (κ2) is 6.55. The van der Waals surface area contributed by atoms with E-state index < -0.39 is 0 Å². The lowest BCUT2D eigenvalue weighted by atomic mass is 10.1. The lowest BCUT2D eigenvalue weighted by Crippen LogP contribution is -2.32. The molecule has 4 nitrogen and oxygen atoms in total. The molecule has 1 aromatic rings. The molecule has 0 bridgehead atoms. The maximum absolute atomic E-state index is 12.3. The summed E-state index contributed by atoms with van der Waals surface area (Å²) in [7, 11) is 0. The van der Waals surface area contributed by atoms with Crippen LogP contribution in [0.25, 0.3) is 0 Å². The lowest BCUT2D eigenvalue weighted by molar-refractivity contribution is 0.0763. The van der Waals surface area contributed by atoms with Gasteiger partial charge in [-0.05, 0) is 33.3 Å². The molecule has 17 heavy (non-hydrogen) atoms. The zero-order valence-corrected chi connectivity index (χ0v) is 11.3. The summed E-state index contributed by atoms with van der Waals surface area (Å²) < 4.78 is 0. The minimum atomic E-state index is 0.00752. The maximum Gasteiger partial charge on any atom is 0.255 e. The highest BCUT2D eigenvalue weighted by molar-refractivity contribution is 6.17. The van der Waals surface area contributed by atoms with Crippen molar-refractivity contribution < 1.29 is 4.79 Å². The van der Waals surface area contributed by atoms with Gasteiger partial charge in [0.2, 0.25) is 0 Å². The summed E-state index contributed by atoms with van der Waals surface area (Å²) >= 11 is 5.65. The quantitative estimate of drug-likeness (QED) is 0.758. The Morgan fingerprint density at radius 2 is 2.12 bits per heavy atom. The average molecular weight is 256 g/mol. The van der Waals surface area contributed by atoms with Gasteiger partial charge in [-0.2, -0.15) is 10.2 Å². The number of carbonyl (C=O) groups excluding carboxylic acids is 1. The summed E-state index contributed by atoms with van der Waals surface area (Å²) in [5, 5.41) is 7.90. The third kappa shape index (κ3) is 3.66. The maximum atomic E-state index is 12.3. The Morgan fingerprint density at radius 1 is 1.41 bits per heavy atom. The fourth-order valence-corrected chi connectivity index (χ4v) is 1.71. The molecule has 5 heteroatoms. The van der Waals surface area contributed by atoms with Gasteiger partial charge in [0.05, 0.1) is 17.0 Å². The van der Waals surface area contributed by atoms with Crippen LogP contribution in [-0.2, 0) is 0 Å². The van der Waals surface area contributed by atoms with Gasteiger partial charge in [-0.3, -0.25) is 4.79 Å². The zero-order chi connectivity index (χ0) is 12.8. The second-order valence-electron chi connectivity index (χ2n) is 3.91. The molecule has 0 radical (unpaired) electrons. The highest BCUT2D eigenvalue weighted by Crippen LogP contribution is 2.10. The number of halogens is 1. The number of hydrogen-bond donors (Lipinski definition) is 0. The van der Waals surface area contributed by atoms with E-state index in [2.05, 4.69) is 10.2 Å². The van der Waals surface area contributed by atoms with Crippen LogP contribution in [0.4, 0.5) is 0 Å². The minimum absolute atomic E-state index is 0.00752. The number of hydrogen-bond acceptors (Lipinski definition) is 3. The summed E-state index contributed by atoms with van der Waals surface area (Å²) in [5.74, 6) is 0.573. The van der Waals surface area contributed by atoms with Crippen LogP contribution >= 0.6 is 11.6 Å². The Hall–Kier alpha value is -1.16. The SMILES string of the molecule is CCN(CCCCl)C(=O)c1cc(C)nnc1C. The van der Waals surface area contributed by atoms with Gasteiger partial charge >= 0.3 is 0 Å². The monoisotopic (exact) mass is 255 g/mol. The van der Waals surface area contributed by atoms with E-state index in [1.807, 2.05) is 13.8 Å². The number of amides is 1. The molecule has 0 aromatic carbocycles. The molecule has 1 heterocycles. The number of nitrogens with zero attached hydrogens (tertiary/aromatic N) is 3. The molecular formula is C12H18ClN3O. The van der Waals surface area contributed by atoms with Crippen molar-refractivity contribution in [2.24, 2.45) is 0 Å². The van der Waals surface area contributed by atoms with Gasteiger partial charge in [-0.1, -0.05) is 0 Å². The third-order valence-corrected chi connectivity index (χ3v) is 2.83. The topological polar surface area (TPSA) is 46.1 Å². The molecule has 0 fully saturated rings. The molecule has 1 rings (SSSR count). The number of aromatic nitrogens is 2. The molecule has 0 atom stereocenters. The lowest BCUT2D eigenvalue weighted by Gasteiger charge is -2.21. The summed E-state index contributed by atoms with van der Waals surface area (Å²) in [6.45, 7) is 6.95. The Bertz CT molecular complexity index is 395. The van der Waals surface area contributed by atoms with E-state index in [4.69, 9.17) is 11.6 Å². The van der Waals surface area contributed by atoms with Crippen LogP contribution in [0.3, 0.4) is 0 Å². The summed E-state index contributed by atoms with van der Waals surface area (Å²) in [6, 6.07) is 1.79. The molecule has 1 amide bonds. The molecule has 1 aromatic heterocycles. The molecule has 0 saturated carbocycles. The highest BCUT2D eigenvalue weighted by Gasteiger charge is 2.17. The van der Waals surface area contributed by atoms with Crippen molar-refractivity contribution in [3.05, 3.63) is 23.0 Å². The van der Waals surface area contributed by atoms with Gasteiger partial charge in [0.1, 0.15) is 0 Å². The van der Waals surface area contributed by atoms with Crippen molar-refractivity contribution in [3.63, 3.8) is 0 Å². The fraction of sp³-hybridized carbons (Fsp3) is 0.583. The van der Waals surface area contributed by atoms with Crippen LogP contribution in [0.15, 0.2) is 6.07 Å². The number of alkyl halides is 1. The average Bonchev–Trinajstić information content (AvgIpc) is 2.33. The van der Waals surface area contributed by atoms with Crippen molar-refractivity contribution in [1.29, 1.82) is 0 Å². The van der Waals surface area contributed by atoms with Crippen LogP contribution in [0.1, 0.15) is 35.1 Å². The number of aryl methyl sites for hydroxylation is 2. The predicted molar refractivity (Wildman–Crippen MR) is 68.4 cm³/mol. The minimum Gasteiger partial charge on any atom is -0.339 e. The van der Waals surface area contributed by atoms with E-state index in [0.717, 1.165) is 12.1 Å². The first-order valence-electron chi connectivity index (χ1n) is 5.76. The Kier molecular flexibility index (Phi) is 5.35. The van der Waals surface area contributed by atoms with Crippen LogP contribution in [0.5, 0.6) is 0 Å². The molecular weight excluding hydrogens is 238 g/mol. The summed E-state index contributed by atoms with van der Waals surface area (Å²) in [5.41, 5.74) is 2.06. The van der Waals surface area contributed by atoms with E-state index >= 15 is 0 Å². The van der Waals surface area contributed by atoms with Crippen molar-refractivity contribution >= 4 is 17.5 Å². The van der Waals surface area contributed by atoms with Crippen LogP contribution in [-0.4, -0.2) is 40.0 Å². The van der Waals surface area contributed by atoms with Crippen LogP contribution < -0.4 is 0 Å². The normalized spacial score (nSPS) is 10.4. The molecule has 0 spiro atoms. The molecule has 0 unspecified atom stereocenters. The first kappa shape index (κ1) is 13.9. The first-order chi connectivity index (χ1) is 8.10. The van der Waals surface area contributed by atoms with Crippen molar-refractivity contribution in [3.8, 4) is 0 Å². The first-order valence-corrected chi connectivity index (χ1v) is 6.29. The summed E-state index contributed by atoms with van der Waals surface area (Å²) in [4.78, 5) is 14.1. The third-order valence-electron chi connectivity index (χ3n) is 2.56. The zero-order valence-electron chi connectivity index (χ0n) is 10.5. The Labute approximate surface area is 107 Å². The predicted octanol–water partition coefficient (Wildman–Crippen LogP) is 2.18. The van der Waals surface area contributed by atoms with E-state index in [1.54, 1.807) is 17.9 Å². The second-order valence-corrected chi connectivity index (χ2v) is 4.29. The van der Waals surface area contributed by atoms with Crippen LogP contribution in [0.2, 0.25) is 0 Å². The number of carbonyl (C=O) groups is 1. The molecule has 94 valence electrons. The molecule has 0 saturated heterocycles. The van der Waals surface area contributed by atoms with E-state index in [1.165, 1.54) is 0 Å². The van der Waals surface area contributed by atoms with E-state index in [0.29, 0.717) is 30.2 Å². The van der Waals surface area contributed by atoms with Crippen molar-refractivity contribution in [2.75, 3.05) is 19.0 Å². The van der Waals surface area contributed by atoms with Crippen molar-refractivity contribution in [1.82, 2.24) is 15.1 Å². The largest absolute Gasteiger partial charge is 0.339 e. The van der Waals surface area contributed by atoms with Crippen LogP contribution in [0, 0.1) is 13.8 Å². The Balaban J connectivity index is 2.89. The van der Waals surface area contributed by atoms with Gasteiger partial charge in [0.25, 0.3) is 5.91 Å². The fourth-order valence-electron chi connectivity index (χ4n) is 1.59. The van der Waals surface area contributed by atoms with Gasteiger partial charge < -0.3 is 4.90 Å². The van der Waals surface area contributed by atoms with Gasteiger partial charge in [0, 0.05) is 19.0 Å². The summed E-state index contributed by atoms with van der Waals surface area (Å²) in [6.07, 6.45) is 0.803. The Morgan fingerprint density at radius 3 is 2.71 bits per heavy atom. The van der Waals surface area contributed by atoms with Gasteiger partial charge in [0.15, 0.2) is 0 Å². The highest BCUT2D eigenvalue weighted by atomic mass is 35.5. The molecule has 0 aliphatic rings. The van der Waals surface area contributed by atoms with E-state index in [-0.39, 0.29) is 5.91 Å². The molecule has 0 aliphatic heterocycles. The van der Waals surface area contributed by atoms with Crippen molar-refractivity contribution in [2.45, 2.75) is 27.2 Å². The van der Waals surface area contributed by atoms with Gasteiger partial charge in [-0.15, -0.1) is 11.6 Å². The standard InChI is InChI=1S/C12H18ClN3O/c1-4-16(7-5-6-13)12(17)11-8-9(2)14-15-10(11)3/h8H,4-7H2,1-3H3. The molecule has 0 aliphatic carbocycles. The molecule has 0 N–H and O–H groups in total. The van der Waals surface area contributed by atoms with Gasteiger partial charge in [-0.25, -0.2) is 0 Å². The smallest absolute Gasteiger partial charge is 0.255 e. The number of rotatable bonds is 5. The van der Waals surface area contributed by atoms with E-state index in [9.17, 15) is 4.79 Å².